The van der Waals surface area contributed by atoms with Crippen LogP contribution >= 0.6 is 11.3 Å². The molecule has 3 heterocycles. The second-order valence-electron chi connectivity index (χ2n) is 4.68. The summed E-state index contributed by atoms with van der Waals surface area (Å²) in [5, 5.41) is 1.91. The van der Waals surface area contributed by atoms with E-state index in [1.807, 2.05) is 20.9 Å². The second kappa shape index (κ2) is 4.14. The van der Waals surface area contributed by atoms with Crippen molar-refractivity contribution in [1.82, 2.24) is 14.3 Å². The maximum absolute atomic E-state index is 12.4. The van der Waals surface area contributed by atoms with E-state index in [1.165, 1.54) is 11.3 Å². The molecule has 1 saturated heterocycles. The Bertz CT molecular complexity index is 537. The van der Waals surface area contributed by atoms with Gasteiger partial charge < -0.3 is 4.90 Å². The lowest BCUT2D eigenvalue weighted by atomic mass is 9.99. The summed E-state index contributed by atoms with van der Waals surface area (Å²) in [5.74, 6) is 0.885. The molecule has 1 aliphatic heterocycles. The van der Waals surface area contributed by atoms with E-state index in [-0.39, 0.29) is 5.91 Å². The molecule has 1 aliphatic rings. The van der Waals surface area contributed by atoms with Crippen molar-refractivity contribution in [2.45, 2.75) is 19.8 Å². The van der Waals surface area contributed by atoms with Gasteiger partial charge in [0, 0.05) is 30.9 Å². The topological polar surface area (TPSA) is 37.6 Å². The van der Waals surface area contributed by atoms with E-state index in [4.69, 9.17) is 0 Å². The summed E-state index contributed by atoms with van der Waals surface area (Å²) in [5.41, 5.74) is 0.747. The van der Waals surface area contributed by atoms with Crippen molar-refractivity contribution in [1.29, 1.82) is 0 Å². The number of carbonyl (C=O) groups is 1. The highest BCUT2D eigenvalue weighted by atomic mass is 32.1. The van der Waals surface area contributed by atoms with Crippen molar-refractivity contribution in [3.05, 3.63) is 23.5 Å². The highest BCUT2D eigenvalue weighted by Crippen LogP contribution is 2.20. The van der Waals surface area contributed by atoms with Gasteiger partial charge in [-0.2, -0.15) is 0 Å². The first-order valence-electron chi connectivity index (χ1n) is 5.95. The van der Waals surface area contributed by atoms with Gasteiger partial charge in [0.1, 0.15) is 5.69 Å². The Morgan fingerprint density at radius 1 is 1.47 bits per heavy atom. The molecule has 2 aromatic rings. The minimum absolute atomic E-state index is 0.140. The molecule has 2 aromatic heterocycles. The quantitative estimate of drug-likeness (QED) is 0.777. The summed E-state index contributed by atoms with van der Waals surface area (Å²) in [6.07, 6.45) is 5.82. The first-order chi connectivity index (χ1) is 8.25. The zero-order valence-corrected chi connectivity index (χ0v) is 10.6. The average molecular weight is 249 g/mol. The number of carbonyl (C=O) groups excluding carboxylic acids is 1. The molecule has 1 fully saturated rings. The molecular weight excluding hydrogens is 234 g/mol. The van der Waals surface area contributed by atoms with Crippen molar-refractivity contribution < 1.29 is 4.79 Å². The number of piperidine rings is 1. The number of rotatable bonds is 1. The molecular formula is C12H15N3OS. The van der Waals surface area contributed by atoms with Crippen LogP contribution in [0, 0.1) is 5.92 Å². The lowest BCUT2D eigenvalue weighted by Gasteiger charge is -2.30. The van der Waals surface area contributed by atoms with Crippen LogP contribution in [0.4, 0.5) is 0 Å². The number of hydrogen-bond acceptors (Lipinski definition) is 3. The standard InChI is InChI=1S/C12H15N3OS/c1-9-2-5-14(6-3-9)11(16)10-8-17-12-13-4-7-15(10)12/h4,7-9H,2-3,5-6H2,1H3. The van der Waals surface area contributed by atoms with E-state index < -0.39 is 0 Å². The normalized spacial score (nSPS) is 17.8. The van der Waals surface area contributed by atoms with Crippen molar-refractivity contribution >= 4 is 22.2 Å². The van der Waals surface area contributed by atoms with Crippen LogP contribution in [-0.4, -0.2) is 33.3 Å². The molecule has 0 saturated carbocycles. The van der Waals surface area contributed by atoms with Crippen LogP contribution in [0.5, 0.6) is 0 Å². The molecule has 0 N–H and O–H groups in total. The smallest absolute Gasteiger partial charge is 0.271 e. The fourth-order valence-electron chi connectivity index (χ4n) is 2.25. The lowest BCUT2D eigenvalue weighted by Crippen LogP contribution is -2.38. The van der Waals surface area contributed by atoms with Crippen molar-refractivity contribution in [2.75, 3.05) is 13.1 Å². The SMILES string of the molecule is CC1CCN(C(=O)c2csc3nccn23)CC1. The van der Waals surface area contributed by atoms with E-state index in [1.54, 1.807) is 6.20 Å². The second-order valence-corrected chi connectivity index (χ2v) is 5.51. The van der Waals surface area contributed by atoms with Gasteiger partial charge in [0.15, 0.2) is 4.96 Å². The summed E-state index contributed by atoms with van der Waals surface area (Å²) in [6.45, 7) is 4.01. The average Bonchev–Trinajstić information content (AvgIpc) is 2.90. The van der Waals surface area contributed by atoms with E-state index in [0.29, 0.717) is 0 Å². The molecule has 0 aliphatic carbocycles. The Hall–Kier alpha value is -1.36. The number of hydrogen-bond donors (Lipinski definition) is 0. The summed E-state index contributed by atoms with van der Waals surface area (Å²) in [4.78, 5) is 19.4. The molecule has 1 amide bonds. The molecule has 4 nitrogen and oxygen atoms in total. The third-order valence-electron chi connectivity index (χ3n) is 3.43. The first kappa shape index (κ1) is 10.8. The minimum atomic E-state index is 0.140. The van der Waals surface area contributed by atoms with Gasteiger partial charge in [0.05, 0.1) is 0 Å². The zero-order chi connectivity index (χ0) is 11.8. The van der Waals surface area contributed by atoms with E-state index in [2.05, 4.69) is 11.9 Å². The molecule has 17 heavy (non-hydrogen) atoms. The number of thiazole rings is 1. The Morgan fingerprint density at radius 2 is 2.24 bits per heavy atom. The summed E-state index contributed by atoms with van der Waals surface area (Å²) in [6, 6.07) is 0. The Kier molecular flexibility index (Phi) is 2.63. The predicted molar refractivity (Wildman–Crippen MR) is 67.4 cm³/mol. The Morgan fingerprint density at radius 3 is 3.00 bits per heavy atom. The van der Waals surface area contributed by atoms with Crippen LogP contribution in [-0.2, 0) is 0 Å². The van der Waals surface area contributed by atoms with Gasteiger partial charge in [-0.25, -0.2) is 4.98 Å². The molecule has 0 unspecified atom stereocenters. The number of amides is 1. The minimum Gasteiger partial charge on any atom is -0.337 e. The molecule has 0 spiro atoms. The summed E-state index contributed by atoms with van der Waals surface area (Å²) < 4.78 is 1.88. The van der Waals surface area contributed by atoms with Crippen molar-refractivity contribution in [3.8, 4) is 0 Å². The zero-order valence-electron chi connectivity index (χ0n) is 9.80. The van der Waals surface area contributed by atoms with E-state index in [9.17, 15) is 4.79 Å². The van der Waals surface area contributed by atoms with Gasteiger partial charge in [-0.1, -0.05) is 6.92 Å². The number of fused-ring (bicyclic) bond motifs is 1. The van der Waals surface area contributed by atoms with Gasteiger partial charge in [-0.15, -0.1) is 11.3 Å². The van der Waals surface area contributed by atoms with E-state index in [0.717, 1.165) is 42.5 Å². The number of nitrogens with zero attached hydrogens (tertiary/aromatic N) is 3. The predicted octanol–water partition coefficient (Wildman–Crippen LogP) is 2.27. The molecule has 0 aromatic carbocycles. The molecule has 0 radical (unpaired) electrons. The first-order valence-corrected chi connectivity index (χ1v) is 6.83. The highest BCUT2D eigenvalue weighted by Gasteiger charge is 2.23. The van der Waals surface area contributed by atoms with Crippen LogP contribution < -0.4 is 0 Å². The van der Waals surface area contributed by atoms with Crippen LogP contribution in [0.2, 0.25) is 0 Å². The molecule has 5 heteroatoms. The number of aromatic nitrogens is 2. The largest absolute Gasteiger partial charge is 0.337 e. The van der Waals surface area contributed by atoms with Gasteiger partial charge in [-0.05, 0) is 18.8 Å². The third-order valence-corrected chi connectivity index (χ3v) is 4.29. The van der Waals surface area contributed by atoms with Crippen LogP contribution in [0.3, 0.4) is 0 Å². The summed E-state index contributed by atoms with van der Waals surface area (Å²) in [7, 11) is 0. The van der Waals surface area contributed by atoms with Crippen LogP contribution in [0.1, 0.15) is 30.3 Å². The fraction of sp³-hybridized carbons (Fsp3) is 0.500. The molecule has 0 atom stereocenters. The highest BCUT2D eigenvalue weighted by molar-refractivity contribution is 7.15. The van der Waals surface area contributed by atoms with Crippen molar-refractivity contribution in [2.24, 2.45) is 5.92 Å². The van der Waals surface area contributed by atoms with E-state index >= 15 is 0 Å². The third kappa shape index (κ3) is 1.84. The molecule has 0 bridgehead atoms. The number of likely N-dealkylation sites (tertiary alicyclic amines) is 1. The number of imidazole rings is 1. The molecule has 90 valence electrons. The van der Waals surface area contributed by atoms with Crippen LogP contribution in [0.15, 0.2) is 17.8 Å². The van der Waals surface area contributed by atoms with Gasteiger partial charge >= 0.3 is 0 Å². The van der Waals surface area contributed by atoms with Crippen LogP contribution in [0.25, 0.3) is 4.96 Å². The molecule has 3 rings (SSSR count). The fourth-order valence-corrected chi connectivity index (χ4v) is 3.08. The van der Waals surface area contributed by atoms with Gasteiger partial charge in [-0.3, -0.25) is 9.20 Å². The monoisotopic (exact) mass is 249 g/mol. The summed E-state index contributed by atoms with van der Waals surface area (Å²) >= 11 is 1.52. The lowest BCUT2D eigenvalue weighted by molar-refractivity contribution is 0.0690. The maximum atomic E-state index is 12.4. The van der Waals surface area contributed by atoms with Crippen molar-refractivity contribution in [3.63, 3.8) is 0 Å². The Labute approximate surface area is 104 Å². The van der Waals surface area contributed by atoms with Gasteiger partial charge in [0.2, 0.25) is 0 Å². The van der Waals surface area contributed by atoms with Gasteiger partial charge in [0.25, 0.3) is 5.91 Å². The Balaban J connectivity index is 1.85. The maximum Gasteiger partial charge on any atom is 0.271 e.